The molecule has 0 aliphatic heterocycles. The molecule has 0 amide bonds. The second kappa shape index (κ2) is 14.1. The fraction of sp³-hybridized carbons (Fsp3) is 0.296. The van der Waals surface area contributed by atoms with Gasteiger partial charge in [0, 0.05) is 46.1 Å². The van der Waals surface area contributed by atoms with Gasteiger partial charge < -0.3 is 19.3 Å². The summed E-state index contributed by atoms with van der Waals surface area (Å²) in [6, 6.07) is 13.2. The lowest BCUT2D eigenvalue weighted by molar-refractivity contribution is 0.0696. The molecule has 1 atom stereocenters. The number of fused-ring (bicyclic) bond motifs is 1. The van der Waals surface area contributed by atoms with Crippen molar-refractivity contribution in [2.24, 2.45) is 0 Å². The van der Waals surface area contributed by atoms with Gasteiger partial charge in [-0.15, -0.1) is 0 Å². The Bertz CT molecular complexity index is 1600. The maximum atomic E-state index is 13.7. The first-order valence-electron chi connectivity index (χ1n) is 12.1. The summed E-state index contributed by atoms with van der Waals surface area (Å²) in [4.78, 5) is 19.9. The Hall–Kier alpha value is -3.65. The Morgan fingerprint density at radius 1 is 1.05 bits per heavy atom. The zero-order chi connectivity index (χ0) is 29.3. The van der Waals surface area contributed by atoms with Gasteiger partial charge in [0.1, 0.15) is 5.75 Å². The number of ether oxygens (including phenoxy) is 3. The lowest BCUT2D eigenvalue weighted by Gasteiger charge is -2.13. The number of hydrogen-bond acceptors (Lipinski definition) is 9. The lowest BCUT2D eigenvalue weighted by Crippen LogP contribution is -2.18. The Balaban J connectivity index is 0.00000141. The van der Waals surface area contributed by atoms with E-state index in [1.807, 2.05) is 0 Å². The van der Waals surface area contributed by atoms with Gasteiger partial charge in [-0.05, 0) is 43.3 Å². The summed E-state index contributed by atoms with van der Waals surface area (Å²) in [5.74, 6) is -0.776. The van der Waals surface area contributed by atoms with Crippen molar-refractivity contribution < 1.29 is 36.7 Å². The van der Waals surface area contributed by atoms with Gasteiger partial charge in [-0.2, -0.15) is 0 Å². The third kappa shape index (κ3) is 7.10. The summed E-state index contributed by atoms with van der Waals surface area (Å²) in [7, 11) is -1.40. The summed E-state index contributed by atoms with van der Waals surface area (Å²) in [5, 5.41) is 9.14. The molecule has 2 aromatic heterocycles. The van der Waals surface area contributed by atoms with Crippen molar-refractivity contribution in [3.8, 4) is 5.75 Å². The summed E-state index contributed by atoms with van der Waals surface area (Å²) < 4.78 is 57.0. The minimum atomic E-state index is -4.34. The number of aromatic nitrogens is 3. The molecule has 2 aromatic carbocycles. The highest BCUT2D eigenvalue weighted by Gasteiger charge is 2.28. The highest BCUT2D eigenvalue weighted by molar-refractivity contribution is 7.91. The summed E-state index contributed by atoms with van der Waals surface area (Å²) in [5.41, 5.74) is 1.55. The van der Waals surface area contributed by atoms with Crippen molar-refractivity contribution in [2.75, 3.05) is 34.5 Å². The molecule has 0 fully saturated rings. The highest BCUT2D eigenvalue weighted by Crippen LogP contribution is 2.28. The summed E-state index contributed by atoms with van der Waals surface area (Å²) in [6.45, 7) is 2.79. The van der Waals surface area contributed by atoms with Gasteiger partial charge in [0.05, 0.1) is 50.3 Å². The molecule has 0 saturated heterocycles. The number of methoxy groups -OCH3 is 2. The standard InChI is InChI=1S/C25H25N3O7S2.C2H6O/c1-17-21(26-12-11-23(17)35-14-6-13-34-2)16-36(31)25-27-20-9-3-4-10-22(20)28(25)37(32,33)19-8-5-7-18(15-19)24(29)30;1-3-2/h3-5,7-12,15H,6,13-14,16H2,1-2H3,(H,29,30);1-2H3. The van der Waals surface area contributed by atoms with Crippen LogP contribution in [0.3, 0.4) is 0 Å². The minimum absolute atomic E-state index is 0.102. The number of nitrogens with zero attached hydrogens (tertiary/aromatic N) is 3. The topological polar surface area (TPSA) is 147 Å². The predicted octanol–water partition coefficient (Wildman–Crippen LogP) is 3.66. The average Bonchev–Trinajstić information content (AvgIpc) is 3.34. The lowest BCUT2D eigenvalue weighted by atomic mass is 10.2. The summed E-state index contributed by atoms with van der Waals surface area (Å²) >= 11 is 0. The molecule has 0 aliphatic rings. The van der Waals surface area contributed by atoms with Gasteiger partial charge in [-0.1, -0.05) is 18.2 Å². The maximum absolute atomic E-state index is 13.7. The predicted molar refractivity (Wildman–Crippen MR) is 150 cm³/mol. The van der Waals surface area contributed by atoms with Crippen LogP contribution < -0.4 is 4.74 Å². The number of benzene rings is 2. The molecule has 0 aliphatic carbocycles. The van der Waals surface area contributed by atoms with Gasteiger partial charge in [0.15, 0.2) is 0 Å². The molecule has 0 saturated carbocycles. The van der Waals surface area contributed by atoms with E-state index in [0.717, 1.165) is 10.0 Å². The smallest absolute Gasteiger partial charge is 0.335 e. The van der Waals surface area contributed by atoms with Crippen molar-refractivity contribution in [2.45, 2.75) is 29.1 Å². The number of pyridine rings is 1. The maximum Gasteiger partial charge on any atom is 0.335 e. The number of rotatable bonds is 11. The number of hydrogen-bond donors (Lipinski definition) is 1. The van der Waals surface area contributed by atoms with Crippen LogP contribution >= 0.6 is 0 Å². The van der Waals surface area contributed by atoms with Crippen molar-refractivity contribution in [1.82, 2.24) is 13.9 Å². The van der Waals surface area contributed by atoms with Crippen molar-refractivity contribution in [3.05, 3.63) is 77.6 Å². The molecule has 40 heavy (non-hydrogen) atoms. The molecule has 0 spiro atoms. The highest BCUT2D eigenvalue weighted by atomic mass is 32.2. The van der Waals surface area contributed by atoms with E-state index in [4.69, 9.17) is 9.47 Å². The molecule has 4 rings (SSSR count). The number of carbonyl (C=O) groups is 1. The molecule has 0 radical (unpaired) electrons. The fourth-order valence-electron chi connectivity index (χ4n) is 3.69. The van der Waals surface area contributed by atoms with Crippen LogP contribution in [0.25, 0.3) is 11.0 Å². The molecule has 4 aromatic rings. The van der Waals surface area contributed by atoms with Crippen molar-refractivity contribution >= 4 is 37.8 Å². The SMILES string of the molecule is COC.COCCCOc1ccnc(CS(=O)c2nc3ccccc3n2S(=O)(=O)c2cccc(C(=O)O)c2)c1C. The summed E-state index contributed by atoms with van der Waals surface area (Å²) in [6.07, 6.45) is 2.24. The zero-order valence-electron chi connectivity index (χ0n) is 22.6. The number of para-hydroxylation sites is 2. The monoisotopic (exact) mass is 589 g/mol. The molecule has 11 nitrogen and oxygen atoms in total. The first-order valence-corrected chi connectivity index (χ1v) is 14.8. The third-order valence-corrected chi connectivity index (χ3v) is 8.62. The van der Waals surface area contributed by atoms with Crippen LogP contribution in [0.1, 0.15) is 28.0 Å². The van der Waals surface area contributed by atoms with Crippen LogP contribution in [0.15, 0.2) is 70.8 Å². The number of imidazole rings is 1. The fourth-order valence-corrected chi connectivity index (χ4v) is 6.78. The molecule has 1 N–H and O–H groups in total. The number of aromatic carboxylic acids is 1. The molecule has 0 bridgehead atoms. The Morgan fingerprint density at radius 3 is 2.48 bits per heavy atom. The van der Waals surface area contributed by atoms with Crippen LogP contribution in [0, 0.1) is 6.92 Å². The van der Waals surface area contributed by atoms with Crippen LogP contribution in [-0.2, 0) is 36.0 Å². The van der Waals surface area contributed by atoms with Crippen molar-refractivity contribution in [3.63, 3.8) is 0 Å². The van der Waals surface area contributed by atoms with E-state index in [1.165, 1.54) is 18.2 Å². The van der Waals surface area contributed by atoms with E-state index in [9.17, 15) is 22.5 Å². The van der Waals surface area contributed by atoms with E-state index in [-0.39, 0.29) is 26.9 Å². The Kier molecular flexibility index (Phi) is 10.9. The number of carboxylic acids is 1. The molecule has 13 heteroatoms. The van der Waals surface area contributed by atoms with Gasteiger partial charge in [0.25, 0.3) is 10.0 Å². The van der Waals surface area contributed by atoms with Crippen LogP contribution in [0.5, 0.6) is 5.75 Å². The third-order valence-electron chi connectivity index (χ3n) is 5.59. The second-order valence-corrected chi connectivity index (χ2v) is 11.6. The van der Waals surface area contributed by atoms with Crippen LogP contribution in [-0.4, -0.2) is 72.2 Å². The first kappa shape index (κ1) is 30.9. The molecular formula is C27H31N3O8S2. The first-order chi connectivity index (χ1) is 19.1. The van der Waals surface area contributed by atoms with Crippen molar-refractivity contribution in [1.29, 1.82) is 0 Å². The van der Waals surface area contributed by atoms with E-state index in [2.05, 4.69) is 14.7 Å². The van der Waals surface area contributed by atoms with E-state index >= 15 is 0 Å². The van der Waals surface area contributed by atoms with Gasteiger partial charge in [-0.3, -0.25) is 9.19 Å². The van der Waals surface area contributed by atoms with Gasteiger partial charge in [-0.25, -0.2) is 22.2 Å². The average molecular weight is 590 g/mol. The minimum Gasteiger partial charge on any atom is -0.493 e. The van der Waals surface area contributed by atoms with Gasteiger partial charge >= 0.3 is 5.97 Å². The quantitative estimate of drug-likeness (QED) is 0.257. The largest absolute Gasteiger partial charge is 0.493 e. The molecule has 214 valence electrons. The second-order valence-electron chi connectivity index (χ2n) is 8.46. The molecule has 1 unspecified atom stereocenters. The van der Waals surface area contributed by atoms with E-state index in [1.54, 1.807) is 64.8 Å². The molecular weight excluding hydrogens is 558 g/mol. The van der Waals surface area contributed by atoms with E-state index < -0.39 is 26.8 Å². The normalized spacial score (nSPS) is 12.0. The van der Waals surface area contributed by atoms with Gasteiger partial charge in [0.2, 0.25) is 5.16 Å². The zero-order valence-corrected chi connectivity index (χ0v) is 24.2. The van der Waals surface area contributed by atoms with Crippen LogP contribution in [0.4, 0.5) is 0 Å². The van der Waals surface area contributed by atoms with Crippen LogP contribution in [0.2, 0.25) is 0 Å². The number of carboxylic acid groups (broad SMARTS) is 1. The van der Waals surface area contributed by atoms with E-state index in [0.29, 0.717) is 42.2 Å². The molecule has 2 heterocycles. The Labute approximate surface area is 235 Å². The Morgan fingerprint density at radius 2 is 1.77 bits per heavy atom.